The second kappa shape index (κ2) is 4.61. The molecule has 0 radical (unpaired) electrons. The molecule has 1 heterocycles. The largest absolute Gasteiger partial charge is 0.495 e. The van der Waals surface area contributed by atoms with Crippen LogP contribution in [0, 0.1) is 0 Å². The lowest BCUT2D eigenvalue weighted by Crippen LogP contribution is -2.28. The summed E-state index contributed by atoms with van der Waals surface area (Å²) < 4.78 is 4.92. The molecule has 0 aliphatic carbocycles. The highest BCUT2D eigenvalue weighted by atomic mass is 32.1. The Labute approximate surface area is 84.3 Å². The van der Waals surface area contributed by atoms with E-state index in [2.05, 4.69) is 5.32 Å². The topological polar surface area (TPSA) is 75.6 Å². The van der Waals surface area contributed by atoms with Gasteiger partial charge in [-0.3, -0.25) is 9.59 Å². The number of carbonyl (C=O) groups excluding carboxylic acids is 1. The molecule has 0 unspecified atom stereocenters. The summed E-state index contributed by atoms with van der Waals surface area (Å²) in [7, 11) is 1.45. The summed E-state index contributed by atoms with van der Waals surface area (Å²) >= 11 is 1.20. The number of nitrogens with one attached hydrogen (secondary N) is 1. The van der Waals surface area contributed by atoms with Crippen molar-refractivity contribution in [2.45, 2.75) is 0 Å². The van der Waals surface area contributed by atoms with Gasteiger partial charge in [0.05, 0.1) is 7.11 Å². The van der Waals surface area contributed by atoms with Gasteiger partial charge in [-0.05, 0) is 11.4 Å². The molecule has 0 spiro atoms. The summed E-state index contributed by atoms with van der Waals surface area (Å²) in [6, 6.07) is 1.65. The Bertz CT molecular complexity index is 347. The number of rotatable bonds is 4. The minimum atomic E-state index is -1.08. The maximum absolute atomic E-state index is 11.3. The van der Waals surface area contributed by atoms with Crippen LogP contribution >= 0.6 is 11.3 Å². The first-order chi connectivity index (χ1) is 6.65. The standard InChI is InChI=1S/C8H9NO4S/c1-13-5-2-3-14-7(5)8(12)9-4-6(10)11/h2-3H,4H2,1H3,(H,9,12)(H,10,11). The molecular formula is C8H9NO4S. The highest BCUT2D eigenvalue weighted by Crippen LogP contribution is 2.23. The second-order valence-corrected chi connectivity index (χ2v) is 3.31. The molecule has 0 aliphatic heterocycles. The van der Waals surface area contributed by atoms with Crippen LogP contribution in [-0.4, -0.2) is 30.6 Å². The number of carboxylic acid groups (broad SMARTS) is 1. The van der Waals surface area contributed by atoms with Crippen LogP contribution in [0.3, 0.4) is 0 Å². The van der Waals surface area contributed by atoms with E-state index in [-0.39, 0.29) is 6.54 Å². The van der Waals surface area contributed by atoms with Gasteiger partial charge < -0.3 is 15.2 Å². The summed E-state index contributed by atoms with van der Waals surface area (Å²) in [5, 5.41) is 12.3. The Morgan fingerprint density at radius 2 is 2.36 bits per heavy atom. The van der Waals surface area contributed by atoms with E-state index in [0.29, 0.717) is 10.6 Å². The maximum Gasteiger partial charge on any atom is 0.322 e. The molecule has 6 heteroatoms. The number of methoxy groups -OCH3 is 1. The average Bonchev–Trinajstić information content (AvgIpc) is 2.61. The fraction of sp³-hybridized carbons (Fsp3) is 0.250. The van der Waals surface area contributed by atoms with Crippen molar-refractivity contribution in [1.82, 2.24) is 5.32 Å². The summed E-state index contributed by atoms with van der Waals surface area (Å²) in [5.74, 6) is -1.05. The van der Waals surface area contributed by atoms with E-state index < -0.39 is 11.9 Å². The van der Waals surface area contributed by atoms with Crippen LogP contribution in [0.5, 0.6) is 5.75 Å². The van der Waals surface area contributed by atoms with Crippen molar-refractivity contribution < 1.29 is 19.4 Å². The summed E-state index contributed by atoms with van der Waals surface area (Å²) in [6.45, 7) is -0.389. The van der Waals surface area contributed by atoms with Gasteiger partial charge in [-0.25, -0.2) is 0 Å². The van der Waals surface area contributed by atoms with Gasteiger partial charge in [-0.15, -0.1) is 11.3 Å². The van der Waals surface area contributed by atoms with Crippen LogP contribution in [0.4, 0.5) is 0 Å². The molecule has 0 saturated heterocycles. The van der Waals surface area contributed by atoms with Crippen LogP contribution in [0.15, 0.2) is 11.4 Å². The number of thiophene rings is 1. The Balaban J connectivity index is 2.64. The maximum atomic E-state index is 11.3. The van der Waals surface area contributed by atoms with Crippen LogP contribution in [0.2, 0.25) is 0 Å². The van der Waals surface area contributed by atoms with E-state index in [1.54, 1.807) is 11.4 Å². The second-order valence-electron chi connectivity index (χ2n) is 2.39. The molecule has 5 nitrogen and oxygen atoms in total. The molecule has 0 bridgehead atoms. The quantitative estimate of drug-likeness (QED) is 0.770. The molecule has 76 valence electrons. The molecule has 1 aromatic heterocycles. The van der Waals surface area contributed by atoms with Crippen molar-refractivity contribution in [1.29, 1.82) is 0 Å². The third-order valence-electron chi connectivity index (χ3n) is 1.46. The summed E-state index contributed by atoms with van der Waals surface area (Å²) in [6.07, 6.45) is 0. The molecule has 0 atom stereocenters. The molecular weight excluding hydrogens is 206 g/mol. The number of hydrogen-bond acceptors (Lipinski definition) is 4. The van der Waals surface area contributed by atoms with E-state index in [0.717, 1.165) is 0 Å². The van der Waals surface area contributed by atoms with Crippen LogP contribution in [0.1, 0.15) is 9.67 Å². The predicted molar refractivity (Wildman–Crippen MR) is 50.8 cm³/mol. The third kappa shape index (κ3) is 2.46. The minimum Gasteiger partial charge on any atom is -0.495 e. The van der Waals surface area contributed by atoms with Gasteiger partial charge in [-0.2, -0.15) is 0 Å². The molecule has 2 N–H and O–H groups in total. The molecule has 0 saturated carbocycles. The van der Waals surface area contributed by atoms with Gasteiger partial charge in [0, 0.05) is 0 Å². The summed E-state index contributed by atoms with van der Waals surface area (Å²) in [5.41, 5.74) is 0. The first-order valence-electron chi connectivity index (χ1n) is 3.76. The number of carbonyl (C=O) groups is 2. The number of carboxylic acids is 1. The molecule has 1 aromatic rings. The lowest BCUT2D eigenvalue weighted by molar-refractivity contribution is -0.135. The third-order valence-corrected chi connectivity index (χ3v) is 2.35. The van der Waals surface area contributed by atoms with E-state index in [4.69, 9.17) is 9.84 Å². The normalized spacial score (nSPS) is 9.50. The van der Waals surface area contributed by atoms with E-state index in [1.807, 2.05) is 0 Å². The molecule has 14 heavy (non-hydrogen) atoms. The van der Waals surface area contributed by atoms with Gasteiger partial charge in [-0.1, -0.05) is 0 Å². The Kier molecular flexibility index (Phi) is 3.47. The van der Waals surface area contributed by atoms with Gasteiger partial charge in [0.25, 0.3) is 5.91 Å². The Hall–Kier alpha value is -1.56. The fourth-order valence-electron chi connectivity index (χ4n) is 0.860. The fourth-order valence-corrected chi connectivity index (χ4v) is 1.63. The van der Waals surface area contributed by atoms with Crippen LogP contribution in [0.25, 0.3) is 0 Å². The SMILES string of the molecule is COc1ccsc1C(=O)NCC(=O)O. The number of hydrogen-bond donors (Lipinski definition) is 2. The summed E-state index contributed by atoms with van der Waals surface area (Å²) in [4.78, 5) is 21.9. The van der Waals surface area contributed by atoms with Gasteiger partial charge in [0.1, 0.15) is 17.2 Å². The predicted octanol–water partition coefficient (Wildman–Crippen LogP) is 0.571. The molecule has 0 aromatic carbocycles. The van der Waals surface area contributed by atoms with E-state index in [9.17, 15) is 9.59 Å². The molecule has 1 rings (SSSR count). The van der Waals surface area contributed by atoms with Crippen molar-refractivity contribution >= 4 is 23.2 Å². The lowest BCUT2D eigenvalue weighted by atomic mass is 10.4. The number of aliphatic carboxylic acids is 1. The zero-order valence-corrected chi connectivity index (χ0v) is 8.26. The zero-order valence-electron chi connectivity index (χ0n) is 7.44. The smallest absolute Gasteiger partial charge is 0.322 e. The first kappa shape index (κ1) is 10.5. The van der Waals surface area contributed by atoms with Crippen LogP contribution < -0.4 is 10.1 Å². The Morgan fingerprint density at radius 1 is 1.64 bits per heavy atom. The van der Waals surface area contributed by atoms with E-state index >= 15 is 0 Å². The van der Waals surface area contributed by atoms with Gasteiger partial charge >= 0.3 is 5.97 Å². The van der Waals surface area contributed by atoms with Gasteiger partial charge in [0.2, 0.25) is 0 Å². The van der Waals surface area contributed by atoms with Crippen molar-refractivity contribution in [2.75, 3.05) is 13.7 Å². The monoisotopic (exact) mass is 215 g/mol. The average molecular weight is 215 g/mol. The highest BCUT2D eigenvalue weighted by Gasteiger charge is 2.13. The lowest BCUT2D eigenvalue weighted by Gasteiger charge is -2.02. The number of amides is 1. The molecule has 0 fully saturated rings. The van der Waals surface area contributed by atoms with Crippen molar-refractivity contribution in [3.63, 3.8) is 0 Å². The minimum absolute atomic E-state index is 0.383. The zero-order chi connectivity index (χ0) is 10.6. The van der Waals surface area contributed by atoms with Crippen molar-refractivity contribution in [2.24, 2.45) is 0 Å². The van der Waals surface area contributed by atoms with Crippen molar-refractivity contribution in [3.05, 3.63) is 16.3 Å². The Morgan fingerprint density at radius 3 is 2.93 bits per heavy atom. The van der Waals surface area contributed by atoms with Crippen LogP contribution in [-0.2, 0) is 4.79 Å². The molecule has 1 amide bonds. The highest BCUT2D eigenvalue weighted by molar-refractivity contribution is 7.12. The van der Waals surface area contributed by atoms with Gasteiger partial charge in [0.15, 0.2) is 0 Å². The van der Waals surface area contributed by atoms with Crippen molar-refractivity contribution in [3.8, 4) is 5.75 Å². The van der Waals surface area contributed by atoms with E-state index in [1.165, 1.54) is 18.4 Å². The first-order valence-corrected chi connectivity index (χ1v) is 4.64. The molecule has 0 aliphatic rings. The number of ether oxygens (including phenoxy) is 1.